The van der Waals surface area contributed by atoms with Crippen molar-refractivity contribution in [1.29, 1.82) is 0 Å². The van der Waals surface area contributed by atoms with Crippen LogP contribution in [0.4, 0.5) is 10.2 Å². The van der Waals surface area contributed by atoms with Crippen LogP contribution >= 0.6 is 0 Å². The quantitative estimate of drug-likeness (QED) is 0.885. The highest BCUT2D eigenvalue weighted by Gasteiger charge is 2.37. The second-order valence-electron chi connectivity index (χ2n) is 5.96. The number of amides is 1. The summed E-state index contributed by atoms with van der Waals surface area (Å²) in [6.45, 7) is 0. The fraction of sp³-hybridized carbons (Fsp3) is 0.235. The smallest absolute Gasteiger partial charge is 0.254 e. The molecular formula is C17H15FN4O2. The number of ketones is 1. The van der Waals surface area contributed by atoms with E-state index in [1.807, 2.05) is 0 Å². The first-order chi connectivity index (χ1) is 11.6. The Balaban J connectivity index is 1.93. The molecule has 0 saturated carbocycles. The Hall–Kier alpha value is -2.96. The minimum atomic E-state index is -0.590. The monoisotopic (exact) mass is 326 g/mol. The molecule has 3 N–H and O–H groups in total. The van der Waals surface area contributed by atoms with Crippen molar-refractivity contribution in [2.75, 3.05) is 5.32 Å². The Labute approximate surface area is 137 Å². The fourth-order valence-corrected chi connectivity index (χ4v) is 3.39. The molecular weight excluding hydrogens is 311 g/mol. The van der Waals surface area contributed by atoms with Gasteiger partial charge < -0.3 is 11.1 Å². The molecule has 0 bridgehead atoms. The number of aromatic nitrogens is 2. The summed E-state index contributed by atoms with van der Waals surface area (Å²) in [4.78, 5) is 24.2. The molecule has 1 amide bonds. The normalized spacial score (nSPS) is 19.5. The van der Waals surface area contributed by atoms with E-state index in [9.17, 15) is 14.0 Å². The first kappa shape index (κ1) is 14.6. The topological polar surface area (TPSA) is 90.0 Å². The third-order valence-corrected chi connectivity index (χ3v) is 4.49. The number of halogens is 1. The molecule has 7 heteroatoms. The number of carbonyl (C=O) groups is 2. The van der Waals surface area contributed by atoms with Gasteiger partial charge in [0.2, 0.25) is 0 Å². The largest absolute Gasteiger partial charge is 0.365 e. The van der Waals surface area contributed by atoms with Crippen molar-refractivity contribution >= 4 is 17.5 Å². The molecule has 0 saturated heterocycles. The molecule has 122 valence electrons. The molecule has 1 aliphatic heterocycles. The van der Waals surface area contributed by atoms with Crippen LogP contribution in [0.2, 0.25) is 0 Å². The maximum absolute atomic E-state index is 13.3. The molecule has 1 aromatic carbocycles. The Bertz CT molecular complexity index is 882. The average molecular weight is 326 g/mol. The summed E-state index contributed by atoms with van der Waals surface area (Å²) in [5.74, 6) is -0.423. The summed E-state index contributed by atoms with van der Waals surface area (Å²) in [6.07, 6.45) is 3.32. The third-order valence-electron chi connectivity index (χ3n) is 4.49. The molecule has 1 aliphatic carbocycles. The van der Waals surface area contributed by atoms with Gasteiger partial charge in [-0.3, -0.25) is 9.59 Å². The zero-order valence-corrected chi connectivity index (χ0v) is 12.8. The number of primary amides is 1. The van der Waals surface area contributed by atoms with Gasteiger partial charge in [-0.2, -0.15) is 5.10 Å². The van der Waals surface area contributed by atoms with Crippen LogP contribution in [0, 0.1) is 5.82 Å². The van der Waals surface area contributed by atoms with Crippen molar-refractivity contribution in [3.63, 3.8) is 0 Å². The summed E-state index contributed by atoms with van der Waals surface area (Å²) in [6, 6.07) is 5.48. The van der Waals surface area contributed by atoms with E-state index >= 15 is 0 Å². The number of Topliss-reactive ketones (excluding diaryl/α,β-unsaturated/α-hetero) is 1. The Morgan fingerprint density at radius 1 is 1.29 bits per heavy atom. The Morgan fingerprint density at radius 3 is 2.75 bits per heavy atom. The van der Waals surface area contributed by atoms with Gasteiger partial charge in [-0.15, -0.1) is 0 Å². The minimum absolute atomic E-state index is 0.0415. The van der Waals surface area contributed by atoms with Gasteiger partial charge in [-0.05, 0) is 30.5 Å². The van der Waals surface area contributed by atoms with E-state index in [0.717, 1.165) is 17.7 Å². The van der Waals surface area contributed by atoms with Gasteiger partial charge in [-0.25, -0.2) is 9.07 Å². The number of carbonyl (C=O) groups excluding carboxylic acids is 2. The van der Waals surface area contributed by atoms with E-state index in [0.29, 0.717) is 24.2 Å². The lowest BCUT2D eigenvalue weighted by Gasteiger charge is -2.33. The first-order valence-corrected chi connectivity index (χ1v) is 7.72. The van der Waals surface area contributed by atoms with Crippen LogP contribution in [0.15, 0.2) is 41.7 Å². The fourth-order valence-electron chi connectivity index (χ4n) is 3.39. The lowest BCUT2D eigenvalue weighted by atomic mass is 9.85. The van der Waals surface area contributed by atoms with Crippen molar-refractivity contribution in [1.82, 2.24) is 9.78 Å². The number of rotatable bonds is 2. The summed E-state index contributed by atoms with van der Waals surface area (Å²) >= 11 is 0. The number of nitrogens with one attached hydrogen (secondary N) is 1. The zero-order chi connectivity index (χ0) is 16.8. The van der Waals surface area contributed by atoms with Crippen molar-refractivity contribution in [3.05, 3.63) is 58.7 Å². The van der Waals surface area contributed by atoms with E-state index in [4.69, 9.17) is 5.73 Å². The highest BCUT2D eigenvalue weighted by atomic mass is 19.1. The number of allylic oxidation sites excluding steroid dienone is 2. The van der Waals surface area contributed by atoms with Crippen LogP contribution in [0.5, 0.6) is 0 Å². The van der Waals surface area contributed by atoms with Crippen LogP contribution in [0.25, 0.3) is 0 Å². The SMILES string of the molecule is NC(=O)c1cnn2c1NC1=C(C(=O)CCC1)[C@@H]2c1ccc(F)cc1. The molecule has 6 nitrogen and oxygen atoms in total. The summed E-state index contributed by atoms with van der Waals surface area (Å²) < 4.78 is 14.9. The second kappa shape index (κ2) is 5.30. The highest BCUT2D eigenvalue weighted by Crippen LogP contribution is 2.41. The van der Waals surface area contributed by atoms with E-state index in [1.165, 1.54) is 18.3 Å². The number of nitrogens with zero attached hydrogens (tertiary/aromatic N) is 2. The lowest BCUT2D eigenvalue weighted by molar-refractivity contribution is -0.116. The molecule has 24 heavy (non-hydrogen) atoms. The molecule has 4 rings (SSSR count). The van der Waals surface area contributed by atoms with Gasteiger partial charge in [0, 0.05) is 17.7 Å². The number of hydrogen-bond acceptors (Lipinski definition) is 4. The van der Waals surface area contributed by atoms with Gasteiger partial charge in [0.1, 0.15) is 23.2 Å². The van der Waals surface area contributed by atoms with Crippen LogP contribution in [-0.2, 0) is 4.79 Å². The van der Waals surface area contributed by atoms with E-state index in [-0.39, 0.29) is 17.2 Å². The van der Waals surface area contributed by atoms with E-state index in [1.54, 1.807) is 16.8 Å². The predicted octanol–water partition coefficient (Wildman–Crippen LogP) is 2.14. The molecule has 0 fully saturated rings. The molecule has 0 spiro atoms. The Morgan fingerprint density at radius 2 is 2.04 bits per heavy atom. The van der Waals surface area contributed by atoms with Crippen molar-refractivity contribution in [2.24, 2.45) is 5.73 Å². The van der Waals surface area contributed by atoms with Crippen molar-refractivity contribution in [3.8, 4) is 0 Å². The van der Waals surface area contributed by atoms with Crippen molar-refractivity contribution in [2.45, 2.75) is 25.3 Å². The van der Waals surface area contributed by atoms with Crippen LogP contribution in [-0.4, -0.2) is 21.5 Å². The standard InChI is InChI=1S/C17H15FN4O2/c18-10-6-4-9(5-7-10)15-14-12(2-1-3-13(14)23)21-17-11(16(19)24)8-20-22(15)17/h4-8,15,21H,1-3H2,(H2,19,24)/t15-/m0/s1. The maximum atomic E-state index is 13.3. The lowest BCUT2D eigenvalue weighted by Crippen LogP contribution is -2.32. The van der Waals surface area contributed by atoms with Gasteiger partial charge in [0.15, 0.2) is 5.78 Å². The van der Waals surface area contributed by atoms with Crippen molar-refractivity contribution < 1.29 is 14.0 Å². The summed E-state index contributed by atoms with van der Waals surface area (Å²) in [7, 11) is 0. The maximum Gasteiger partial charge on any atom is 0.254 e. The third kappa shape index (κ3) is 2.12. The number of anilines is 1. The minimum Gasteiger partial charge on any atom is -0.365 e. The van der Waals surface area contributed by atoms with Gasteiger partial charge in [0.05, 0.1) is 6.20 Å². The second-order valence-corrected chi connectivity index (χ2v) is 5.96. The molecule has 2 aliphatic rings. The number of nitrogens with two attached hydrogens (primary N) is 1. The molecule has 2 heterocycles. The Kier molecular flexibility index (Phi) is 3.23. The number of benzene rings is 1. The highest BCUT2D eigenvalue weighted by molar-refractivity contribution is 6.02. The van der Waals surface area contributed by atoms with Crippen LogP contribution in [0.1, 0.15) is 41.2 Å². The van der Waals surface area contributed by atoms with E-state index in [2.05, 4.69) is 10.4 Å². The van der Waals surface area contributed by atoms with Gasteiger partial charge >= 0.3 is 0 Å². The zero-order valence-electron chi connectivity index (χ0n) is 12.8. The summed E-state index contributed by atoms with van der Waals surface area (Å²) in [5, 5.41) is 7.41. The van der Waals surface area contributed by atoms with Gasteiger partial charge in [-0.1, -0.05) is 12.1 Å². The molecule has 0 unspecified atom stereocenters. The average Bonchev–Trinajstić information content (AvgIpc) is 2.98. The molecule has 0 radical (unpaired) electrons. The first-order valence-electron chi connectivity index (χ1n) is 7.72. The van der Waals surface area contributed by atoms with Crippen LogP contribution < -0.4 is 11.1 Å². The van der Waals surface area contributed by atoms with Crippen LogP contribution in [0.3, 0.4) is 0 Å². The molecule has 1 aromatic heterocycles. The number of fused-ring (bicyclic) bond motifs is 1. The number of hydrogen-bond donors (Lipinski definition) is 2. The molecule has 2 aromatic rings. The van der Waals surface area contributed by atoms with Gasteiger partial charge in [0.25, 0.3) is 5.91 Å². The van der Waals surface area contributed by atoms with E-state index < -0.39 is 11.9 Å². The summed E-state index contributed by atoms with van der Waals surface area (Å²) in [5.41, 5.74) is 7.84. The molecule has 1 atom stereocenters. The predicted molar refractivity (Wildman–Crippen MR) is 84.8 cm³/mol.